The SMILES string of the molecule is NCc1ccc(S(=O)(=O)NCC2CCCOC2)cc1. The van der Waals surface area contributed by atoms with Crippen LogP contribution in [0.4, 0.5) is 0 Å². The maximum absolute atomic E-state index is 12.1. The van der Waals surface area contributed by atoms with E-state index in [1.54, 1.807) is 24.3 Å². The van der Waals surface area contributed by atoms with Crippen LogP contribution in [0, 0.1) is 5.92 Å². The van der Waals surface area contributed by atoms with Crippen molar-refractivity contribution in [2.24, 2.45) is 11.7 Å². The van der Waals surface area contributed by atoms with Gasteiger partial charge in [-0.1, -0.05) is 12.1 Å². The highest BCUT2D eigenvalue weighted by molar-refractivity contribution is 7.89. The van der Waals surface area contributed by atoms with Crippen LogP contribution in [-0.2, 0) is 21.3 Å². The summed E-state index contributed by atoms with van der Waals surface area (Å²) in [5.41, 5.74) is 6.40. The van der Waals surface area contributed by atoms with Crippen LogP contribution < -0.4 is 10.5 Å². The van der Waals surface area contributed by atoms with Crippen LogP contribution in [0.1, 0.15) is 18.4 Å². The first-order chi connectivity index (χ1) is 9.12. The highest BCUT2D eigenvalue weighted by atomic mass is 32.2. The third-order valence-electron chi connectivity index (χ3n) is 3.29. The van der Waals surface area contributed by atoms with Crippen LogP contribution in [-0.4, -0.2) is 28.2 Å². The van der Waals surface area contributed by atoms with Gasteiger partial charge >= 0.3 is 0 Å². The van der Waals surface area contributed by atoms with Crippen molar-refractivity contribution in [2.75, 3.05) is 19.8 Å². The lowest BCUT2D eigenvalue weighted by Gasteiger charge is -2.22. The average Bonchev–Trinajstić information content (AvgIpc) is 2.46. The van der Waals surface area contributed by atoms with Crippen molar-refractivity contribution >= 4 is 10.0 Å². The van der Waals surface area contributed by atoms with Crippen LogP contribution in [0.3, 0.4) is 0 Å². The minimum Gasteiger partial charge on any atom is -0.381 e. The van der Waals surface area contributed by atoms with Gasteiger partial charge in [-0.05, 0) is 36.5 Å². The van der Waals surface area contributed by atoms with Crippen molar-refractivity contribution in [3.05, 3.63) is 29.8 Å². The predicted molar refractivity (Wildman–Crippen MR) is 73.1 cm³/mol. The van der Waals surface area contributed by atoms with Crippen molar-refractivity contribution in [2.45, 2.75) is 24.3 Å². The Balaban J connectivity index is 1.96. The van der Waals surface area contributed by atoms with E-state index in [2.05, 4.69) is 4.72 Å². The Morgan fingerprint density at radius 1 is 1.32 bits per heavy atom. The van der Waals surface area contributed by atoms with Gasteiger partial charge in [0.25, 0.3) is 0 Å². The number of benzene rings is 1. The summed E-state index contributed by atoms with van der Waals surface area (Å²) in [4.78, 5) is 0.279. The molecule has 19 heavy (non-hydrogen) atoms. The Hall–Kier alpha value is -0.950. The average molecular weight is 284 g/mol. The molecule has 2 rings (SSSR count). The zero-order valence-corrected chi connectivity index (χ0v) is 11.7. The molecule has 1 aromatic rings. The van der Waals surface area contributed by atoms with Crippen molar-refractivity contribution in [1.29, 1.82) is 0 Å². The monoisotopic (exact) mass is 284 g/mol. The smallest absolute Gasteiger partial charge is 0.240 e. The molecular formula is C13H20N2O3S. The van der Waals surface area contributed by atoms with Crippen LogP contribution >= 0.6 is 0 Å². The molecule has 6 heteroatoms. The lowest BCUT2D eigenvalue weighted by atomic mass is 10.0. The molecule has 1 heterocycles. The summed E-state index contributed by atoms with van der Waals surface area (Å²) in [5.74, 6) is 0.270. The molecule has 0 aromatic heterocycles. The fraction of sp³-hybridized carbons (Fsp3) is 0.538. The van der Waals surface area contributed by atoms with E-state index in [1.807, 2.05) is 0 Å². The number of ether oxygens (including phenoxy) is 1. The third kappa shape index (κ3) is 4.01. The van der Waals surface area contributed by atoms with E-state index in [-0.39, 0.29) is 10.8 Å². The topological polar surface area (TPSA) is 81.4 Å². The van der Waals surface area contributed by atoms with Crippen molar-refractivity contribution in [3.8, 4) is 0 Å². The predicted octanol–water partition coefficient (Wildman–Crippen LogP) is 0.850. The molecule has 0 radical (unpaired) electrons. The van der Waals surface area contributed by atoms with Gasteiger partial charge in [0, 0.05) is 19.7 Å². The molecular weight excluding hydrogens is 264 g/mol. The van der Waals surface area contributed by atoms with Gasteiger partial charge in [-0.25, -0.2) is 13.1 Å². The minimum atomic E-state index is -3.43. The fourth-order valence-corrected chi connectivity index (χ4v) is 3.20. The number of sulfonamides is 1. The molecule has 1 aromatic carbocycles. The van der Waals surface area contributed by atoms with E-state index < -0.39 is 10.0 Å². The summed E-state index contributed by atoms with van der Waals surface area (Å²) in [6, 6.07) is 6.64. The van der Waals surface area contributed by atoms with Crippen LogP contribution in [0.2, 0.25) is 0 Å². The Bertz CT molecular complexity index is 493. The third-order valence-corrected chi connectivity index (χ3v) is 4.73. The molecule has 0 aliphatic carbocycles. The Labute approximate surface area is 114 Å². The van der Waals surface area contributed by atoms with Gasteiger partial charge in [0.05, 0.1) is 11.5 Å². The summed E-state index contributed by atoms with van der Waals surface area (Å²) in [7, 11) is -3.43. The molecule has 1 aliphatic rings. The first-order valence-corrected chi connectivity index (χ1v) is 7.96. The molecule has 0 bridgehead atoms. The maximum Gasteiger partial charge on any atom is 0.240 e. The second kappa shape index (κ2) is 6.47. The summed E-state index contributed by atoms with van der Waals surface area (Å²) < 4.78 is 32.2. The second-order valence-corrected chi connectivity index (χ2v) is 6.55. The molecule has 1 unspecified atom stereocenters. The number of nitrogens with two attached hydrogens (primary N) is 1. The minimum absolute atomic E-state index is 0.270. The number of hydrogen-bond donors (Lipinski definition) is 2. The van der Waals surface area contributed by atoms with Crippen LogP contribution in [0.15, 0.2) is 29.2 Å². The van der Waals surface area contributed by atoms with Gasteiger partial charge in [0.15, 0.2) is 0 Å². The molecule has 0 amide bonds. The summed E-state index contributed by atoms with van der Waals surface area (Å²) in [5, 5.41) is 0. The van der Waals surface area contributed by atoms with E-state index in [0.717, 1.165) is 25.0 Å². The highest BCUT2D eigenvalue weighted by Gasteiger charge is 2.18. The van der Waals surface area contributed by atoms with Crippen molar-refractivity contribution < 1.29 is 13.2 Å². The molecule has 1 aliphatic heterocycles. The molecule has 5 nitrogen and oxygen atoms in total. The first kappa shape index (κ1) is 14.5. The summed E-state index contributed by atoms with van der Waals surface area (Å²) >= 11 is 0. The lowest BCUT2D eigenvalue weighted by molar-refractivity contribution is 0.0568. The zero-order chi connectivity index (χ0) is 13.7. The number of nitrogens with one attached hydrogen (secondary N) is 1. The molecule has 1 atom stereocenters. The van der Waals surface area contributed by atoms with Gasteiger partial charge in [0.2, 0.25) is 10.0 Å². The van der Waals surface area contributed by atoms with Gasteiger partial charge in [-0.3, -0.25) is 0 Å². The molecule has 0 saturated carbocycles. The normalized spacial score (nSPS) is 20.4. The Morgan fingerprint density at radius 3 is 2.63 bits per heavy atom. The van der Waals surface area contributed by atoms with Crippen molar-refractivity contribution in [1.82, 2.24) is 4.72 Å². The van der Waals surface area contributed by atoms with E-state index in [1.165, 1.54) is 0 Å². The summed E-state index contributed by atoms with van der Waals surface area (Å²) in [6.07, 6.45) is 2.01. The Kier molecular flexibility index (Phi) is 4.93. The molecule has 0 spiro atoms. The molecule has 1 saturated heterocycles. The second-order valence-electron chi connectivity index (χ2n) is 4.78. The molecule has 106 valence electrons. The standard InChI is InChI=1S/C13H20N2O3S/c14-8-11-3-5-13(6-4-11)19(16,17)15-9-12-2-1-7-18-10-12/h3-6,12,15H,1-2,7-10,14H2. The zero-order valence-electron chi connectivity index (χ0n) is 10.8. The van der Waals surface area contributed by atoms with Gasteiger partial charge < -0.3 is 10.5 Å². The molecule has 1 fully saturated rings. The maximum atomic E-state index is 12.1. The molecule has 3 N–H and O–H groups in total. The van der Waals surface area contributed by atoms with Crippen LogP contribution in [0.25, 0.3) is 0 Å². The number of hydrogen-bond acceptors (Lipinski definition) is 4. The van der Waals surface area contributed by atoms with Crippen LogP contribution in [0.5, 0.6) is 0 Å². The highest BCUT2D eigenvalue weighted by Crippen LogP contribution is 2.14. The summed E-state index contributed by atoms with van der Waals surface area (Å²) in [6.45, 7) is 2.26. The van der Waals surface area contributed by atoms with Gasteiger partial charge in [-0.15, -0.1) is 0 Å². The number of rotatable bonds is 5. The van der Waals surface area contributed by atoms with E-state index in [0.29, 0.717) is 19.7 Å². The van der Waals surface area contributed by atoms with Crippen molar-refractivity contribution in [3.63, 3.8) is 0 Å². The fourth-order valence-electron chi connectivity index (χ4n) is 2.08. The van der Waals surface area contributed by atoms with E-state index in [9.17, 15) is 8.42 Å². The largest absolute Gasteiger partial charge is 0.381 e. The van der Waals surface area contributed by atoms with Gasteiger partial charge in [-0.2, -0.15) is 0 Å². The van der Waals surface area contributed by atoms with E-state index in [4.69, 9.17) is 10.5 Å². The Morgan fingerprint density at radius 2 is 2.05 bits per heavy atom. The lowest BCUT2D eigenvalue weighted by Crippen LogP contribution is -2.33. The first-order valence-electron chi connectivity index (χ1n) is 6.48. The van der Waals surface area contributed by atoms with Gasteiger partial charge in [0.1, 0.15) is 0 Å². The van der Waals surface area contributed by atoms with E-state index >= 15 is 0 Å². The quantitative estimate of drug-likeness (QED) is 0.840.